The molecule has 4 amide bonds. The van der Waals surface area contributed by atoms with Crippen molar-refractivity contribution in [1.82, 2.24) is 5.32 Å². The Morgan fingerprint density at radius 3 is 2.36 bits per heavy atom. The average Bonchev–Trinajstić information content (AvgIpc) is 3.30. The van der Waals surface area contributed by atoms with E-state index in [0.717, 1.165) is 4.90 Å². The zero-order chi connectivity index (χ0) is 31.1. The van der Waals surface area contributed by atoms with E-state index in [9.17, 15) is 19.2 Å². The van der Waals surface area contributed by atoms with Crippen LogP contribution >= 0.6 is 23.4 Å². The third-order valence-electron chi connectivity index (χ3n) is 6.59. The van der Waals surface area contributed by atoms with Gasteiger partial charge in [0.25, 0.3) is 11.8 Å². The zero-order valence-corrected chi connectivity index (χ0v) is 25.2. The Morgan fingerprint density at radius 1 is 0.955 bits per heavy atom. The number of amides is 4. The van der Waals surface area contributed by atoms with Crippen molar-refractivity contribution in [1.29, 1.82) is 0 Å². The van der Waals surface area contributed by atoms with Crippen LogP contribution in [0.5, 0.6) is 5.75 Å². The van der Waals surface area contributed by atoms with Crippen LogP contribution in [0.25, 0.3) is 6.08 Å². The lowest BCUT2D eigenvalue weighted by atomic mass is 10.1. The molecule has 8 nitrogen and oxygen atoms in total. The van der Waals surface area contributed by atoms with Crippen LogP contribution in [0, 0.1) is 0 Å². The van der Waals surface area contributed by atoms with Gasteiger partial charge < -0.3 is 15.4 Å². The summed E-state index contributed by atoms with van der Waals surface area (Å²) in [5.74, 6) is -0.851. The highest BCUT2D eigenvalue weighted by Gasteiger charge is 2.40. The van der Waals surface area contributed by atoms with Crippen LogP contribution in [0.15, 0.2) is 114 Å². The summed E-state index contributed by atoms with van der Waals surface area (Å²) in [6.45, 7) is 2.40. The van der Waals surface area contributed by atoms with Crippen LogP contribution in [-0.4, -0.2) is 35.5 Å². The molecule has 1 fully saturated rings. The normalized spacial score (nSPS) is 14.8. The number of nitrogens with zero attached hydrogens (tertiary/aromatic N) is 1. The highest BCUT2D eigenvalue weighted by molar-refractivity contribution is 8.00. The Labute approximate surface area is 264 Å². The molecule has 1 heterocycles. The Kier molecular flexibility index (Phi) is 9.79. The lowest BCUT2D eigenvalue weighted by Crippen LogP contribution is -2.31. The molecule has 0 aliphatic carbocycles. The summed E-state index contributed by atoms with van der Waals surface area (Å²) in [4.78, 5) is 54.0. The van der Waals surface area contributed by atoms with E-state index in [-0.39, 0.29) is 23.9 Å². The third-order valence-corrected chi connectivity index (χ3v) is 8.02. The fraction of sp³-hybridized carbons (Fsp3) is 0.118. The molecule has 5 rings (SSSR count). The first-order valence-corrected chi connectivity index (χ1v) is 15.1. The summed E-state index contributed by atoms with van der Waals surface area (Å²) in [6.07, 6.45) is 1.62. The van der Waals surface area contributed by atoms with Gasteiger partial charge in [-0.15, -0.1) is 11.8 Å². The van der Waals surface area contributed by atoms with Gasteiger partial charge in [-0.05, 0) is 91.4 Å². The van der Waals surface area contributed by atoms with Gasteiger partial charge in [0, 0.05) is 27.6 Å². The van der Waals surface area contributed by atoms with Gasteiger partial charge in [-0.1, -0.05) is 41.9 Å². The molecule has 0 bridgehead atoms. The number of rotatable bonds is 10. The predicted octanol–water partition coefficient (Wildman–Crippen LogP) is 6.57. The molecular weight excluding hydrogens is 598 g/mol. The molecule has 2 N–H and O–H groups in total. The smallest absolute Gasteiger partial charge is 0.272 e. The summed E-state index contributed by atoms with van der Waals surface area (Å²) >= 11 is 7.41. The van der Waals surface area contributed by atoms with Gasteiger partial charge in [0.15, 0.2) is 0 Å². The fourth-order valence-corrected chi connectivity index (χ4v) is 5.76. The van der Waals surface area contributed by atoms with Gasteiger partial charge in [-0.25, -0.2) is 4.90 Å². The number of carbonyl (C=O) groups is 4. The first-order chi connectivity index (χ1) is 21.3. The number of imide groups is 1. The highest BCUT2D eigenvalue weighted by Crippen LogP contribution is 2.35. The Balaban J connectivity index is 1.26. The second-order valence-electron chi connectivity index (χ2n) is 9.72. The standard InChI is InChI=1S/C34H28ClN3O5S/c1-2-43-27-15-13-26(14-16-27)38-31(39)21-30(34(38)42)44-28-17-11-25(12-18-28)36-33(41)29(20-22-7-6-10-24(35)19-22)37-32(40)23-8-4-3-5-9-23/h3-20,30H,2,21H2,1H3,(H,36,41)(H,37,40)/b29-20-. The number of hydrogen-bond acceptors (Lipinski definition) is 6. The molecule has 4 aromatic carbocycles. The first-order valence-electron chi connectivity index (χ1n) is 13.8. The number of thioether (sulfide) groups is 1. The Bertz CT molecular complexity index is 1710. The Hall–Kier alpha value is -4.86. The predicted molar refractivity (Wildman–Crippen MR) is 173 cm³/mol. The number of carbonyl (C=O) groups excluding carboxylic acids is 4. The molecule has 10 heteroatoms. The number of hydrogen-bond donors (Lipinski definition) is 2. The Morgan fingerprint density at radius 2 is 1.68 bits per heavy atom. The largest absolute Gasteiger partial charge is 0.494 e. The summed E-state index contributed by atoms with van der Waals surface area (Å²) in [5, 5.41) is 5.43. The van der Waals surface area contributed by atoms with E-state index >= 15 is 0 Å². The molecule has 0 spiro atoms. The molecule has 0 radical (unpaired) electrons. The maximum absolute atomic E-state index is 13.3. The van der Waals surface area contributed by atoms with Crippen LogP contribution in [0.1, 0.15) is 29.3 Å². The second kappa shape index (κ2) is 14.1. The van der Waals surface area contributed by atoms with E-state index in [0.29, 0.717) is 39.9 Å². The van der Waals surface area contributed by atoms with E-state index in [1.807, 2.05) is 6.92 Å². The van der Waals surface area contributed by atoms with E-state index in [2.05, 4.69) is 10.6 Å². The molecule has 0 aromatic heterocycles. The number of ether oxygens (including phenoxy) is 1. The van der Waals surface area contributed by atoms with E-state index in [4.69, 9.17) is 16.3 Å². The van der Waals surface area contributed by atoms with Gasteiger partial charge in [-0.3, -0.25) is 19.2 Å². The summed E-state index contributed by atoms with van der Waals surface area (Å²) in [7, 11) is 0. The zero-order valence-electron chi connectivity index (χ0n) is 23.7. The summed E-state index contributed by atoms with van der Waals surface area (Å²) < 4.78 is 5.44. The minimum atomic E-state index is -0.574. The molecular formula is C34H28ClN3O5S. The SMILES string of the molecule is CCOc1ccc(N2C(=O)CC(Sc3ccc(NC(=O)/C(=C/c4cccc(Cl)c4)NC(=O)c4ccccc4)cc3)C2=O)cc1. The van der Waals surface area contributed by atoms with Crippen LogP contribution in [0.2, 0.25) is 5.02 Å². The van der Waals surface area contributed by atoms with Crippen LogP contribution in [-0.2, 0) is 14.4 Å². The topological polar surface area (TPSA) is 105 Å². The van der Waals surface area contributed by atoms with Crippen molar-refractivity contribution in [3.63, 3.8) is 0 Å². The van der Waals surface area contributed by atoms with Crippen molar-refractivity contribution < 1.29 is 23.9 Å². The van der Waals surface area contributed by atoms with E-state index < -0.39 is 17.1 Å². The van der Waals surface area contributed by atoms with E-state index in [1.54, 1.807) is 109 Å². The van der Waals surface area contributed by atoms with Gasteiger partial charge in [0.1, 0.15) is 11.4 Å². The molecule has 4 aromatic rings. The molecule has 44 heavy (non-hydrogen) atoms. The van der Waals surface area contributed by atoms with Gasteiger partial charge in [-0.2, -0.15) is 0 Å². The number of benzene rings is 4. The van der Waals surface area contributed by atoms with Gasteiger partial charge in [0.2, 0.25) is 11.8 Å². The maximum Gasteiger partial charge on any atom is 0.272 e. The maximum atomic E-state index is 13.3. The van der Waals surface area contributed by atoms with Crippen LogP contribution in [0.3, 0.4) is 0 Å². The number of nitrogens with one attached hydrogen (secondary N) is 2. The lowest BCUT2D eigenvalue weighted by molar-refractivity contribution is -0.121. The van der Waals surface area contributed by atoms with Crippen molar-refractivity contribution in [3.05, 3.63) is 125 Å². The van der Waals surface area contributed by atoms with Crippen molar-refractivity contribution in [2.24, 2.45) is 0 Å². The minimum absolute atomic E-state index is 0.0315. The molecule has 1 saturated heterocycles. The van der Waals surface area contributed by atoms with Crippen molar-refractivity contribution in [2.75, 3.05) is 16.8 Å². The van der Waals surface area contributed by atoms with Gasteiger partial charge in [0.05, 0.1) is 17.5 Å². The lowest BCUT2D eigenvalue weighted by Gasteiger charge is -2.15. The van der Waals surface area contributed by atoms with Crippen LogP contribution in [0.4, 0.5) is 11.4 Å². The summed E-state index contributed by atoms with van der Waals surface area (Å²) in [6, 6.07) is 29.3. The monoisotopic (exact) mass is 625 g/mol. The van der Waals surface area contributed by atoms with E-state index in [1.165, 1.54) is 16.7 Å². The van der Waals surface area contributed by atoms with Crippen LogP contribution < -0.4 is 20.3 Å². The fourth-order valence-electron chi connectivity index (χ4n) is 4.51. The third kappa shape index (κ3) is 7.55. The number of halogens is 1. The average molecular weight is 626 g/mol. The van der Waals surface area contributed by atoms with Crippen molar-refractivity contribution in [2.45, 2.75) is 23.5 Å². The molecule has 222 valence electrons. The van der Waals surface area contributed by atoms with Gasteiger partial charge >= 0.3 is 0 Å². The molecule has 0 saturated carbocycles. The highest BCUT2D eigenvalue weighted by atomic mass is 35.5. The molecule has 1 unspecified atom stereocenters. The molecule has 1 atom stereocenters. The quantitative estimate of drug-likeness (QED) is 0.153. The molecule has 1 aliphatic heterocycles. The summed E-state index contributed by atoms with van der Waals surface area (Å²) in [5.41, 5.74) is 2.06. The number of anilines is 2. The minimum Gasteiger partial charge on any atom is -0.494 e. The van der Waals surface area contributed by atoms with Crippen molar-refractivity contribution in [3.8, 4) is 5.75 Å². The van der Waals surface area contributed by atoms with Crippen molar-refractivity contribution >= 4 is 64.4 Å². The second-order valence-corrected chi connectivity index (χ2v) is 11.4. The first kappa shape index (κ1) is 30.6. The molecule has 1 aliphatic rings.